The van der Waals surface area contributed by atoms with E-state index < -0.39 is 30.7 Å². The summed E-state index contributed by atoms with van der Waals surface area (Å²) in [5, 5.41) is 9.28. The third-order valence-corrected chi connectivity index (χ3v) is 6.22. The number of amides is 1. The molecule has 232 valence electrons. The molecule has 0 aliphatic carbocycles. The number of ether oxygens (including phenoxy) is 5. The largest absolute Gasteiger partial charge is 0.492 e. The van der Waals surface area contributed by atoms with Gasteiger partial charge in [-0.05, 0) is 61.0 Å². The summed E-state index contributed by atoms with van der Waals surface area (Å²) in [6, 6.07) is 22.6. The number of benzene rings is 3. The van der Waals surface area contributed by atoms with Crippen molar-refractivity contribution in [2.75, 3.05) is 39.5 Å². The smallest absolute Gasteiger partial charge is 0.415 e. The van der Waals surface area contributed by atoms with Gasteiger partial charge < -0.3 is 33.7 Å². The number of aliphatic carboxylic acids is 1. The van der Waals surface area contributed by atoms with Gasteiger partial charge in [-0.25, -0.2) is 18.4 Å². The average molecular weight is 602 g/mol. The molecule has 0 heterocycles. The van der Waals surface area contributed by atoms with Crippen LogP contribution < -0.4 is 14.2 Å². The highest BCUT2D eigenvalue weighted by molar-refractivity contribution is 5.72. The first-order valence-corrected chi connectivity index (χ1v) is 14.0. The van der Waals surface area contributed by atoms with Crippen LogP contribution in [-0.2, 0) is 20.7 Å². The molecule has 0 saturated carbocycles. The first kappa shape index (κ1) is 33.3. The fourth-order valence-corrected chi connectivity index (χ4v) is 3.79. The maximum Gasteiger partial charge on any atom is 0.415 e. The lowest BCUT2D eigenvalue weighted by molar-refractivity contribution is -0.149. The molecule has 0 aliphatic rings. The highest BCUT2D eigenvalue weighted by Gasteiger charge is 2.26. The summed E-state index contributed by atoms with van der Waals surface area (Å²) in [6.07, 6.45) is -1.78. The van der Waals surface area contributed by atoms with Crippen molar-refractivity contribution in [2.24, 2.45) is 0 Å². The third-order valence-electron chi connectivity index (χ3n) is 6.22. The topological polar surface area (TPSA) is 104 Å². The molecule has 43 heavy (non-hydrogen) atoms. The summed E-state index contributed by atoms with van der Waals surface area (Å²) in [5.41, 5.74) is 0.764. The first-order valence-electron chi connectivity index (χ1n) is 14.0. The number of rotatable bonds is 18. The molecule has 0 aromatic heterocycles. The van der Waals surface area contributed by atoms with Gasteiger partial charge in [0.2, 0.25) is 0 Å². The van der Waals surface area contributed by atoms with Crippen molar-refractivity contribution in [3.8, 4) is 23.0 Å². The van der Waals surface area contributed by atoms with Crippen LogP contribution in [0, 0.1) is 0 Å². The van der Waals surface area contributed by atoms with Crippen molar-refractivity contribution in [1.82, 2.24) is 4.90 Å². The van der Waals surface area contributed by atoms with Crippen LogP contribution in [0.1, 0.15) is 25.8 Å². The normalized spacial score (nSPS) is 11.9. The van der Waals surface area contributed by atoms with Gasteiger partial charge in [0.1, 0.15) is 36.2 Å². The van der Waals surface area contributed by atoms with Crippen LogP contribution in [0.5, 0.6) is 23.0 Å². The van der Waals surface area contributed by atoms with Gasteiger partial charge in [0.15, 0.2) is 6.10 Å². The van der Waals surface area contributed by atoms with E-state index in [9.17, 15) is 23.5 Å². The average Bonchev–Trinajstić information content (AvgIpc) is 3.00. The van der Waals surface area contributed by atoms with Crippen molar-refractivity contribution >= 4 is 12.1 Å². The van der Waals surface area contributed by atoms with Gasteiger partial charge >= 0.3 is 12.1 Å². The second-order valence-corrected chi connectivity index (χ2v) is 9.48. The van der Waals surface area contributed by atoms with E-state index in [1.165, 1.54) is 11.8 Å². The Kier molecular flexibility index (Phi) is 13.2. The maximum absolute atomic E-state index is 13.6. The number of nitrogens with zero attached hydrogens (tertiary/aromatic N) is 1. The molecular weight excluding hydrogens is 564 g/mol. The highest BCUT2D eigenvalue weighted by atomic mass is 19.3. The Morgan fingerprint density at radius 2 is 1.44 bits per heavy atom. The van der Waals surface area contributed by atoms with E-state index >= 15 is 0 Å². The van der Waals surface area contributed by atoms with Gasteiger partial charge in [0.25, 0.3) is 5.92 Å². The van der Waals surface area contributed by atoms with Gasteiger partial charge in [0.05, 0.1) is 13.2 Å². The Morgan fingerprint density at radius 1 is 0.837 bits per heavy atom. The van der Waals surface area contributed by atoms with Crippen LogP contribution in [0.2, 0.25) is 0 Å². The quantitative estimate of drug-likeness (QED) is 0.166. The van der Waals surface area contributed by atoms with E-state index in [0.717, 1.165) is 5.56 Å². The van der Waals surface area contributed by atoms with Crippen molar-refractivity contribution in [3.63, 3.8) is 0 Å². The second kappa shape index (κ2) is 17.0. The molecule has 0 aliphatic heterocycles. The van der Waals surface area contributed by atoms with Crippen LogP contribution in [-0.4, -0.2) is 73.6 Å². The third kappa shape index (κ3) is 11.9. The van der Waals surface area contributed by atoms with E-state index in [0.29, 0.717) is 17.2 Å². The Labute approximate surface area is 249 Å². The van der Waals surface area contributed by atoms with Gasteiger partial charge in [0, 0.05) is 26.0 Å². The number of carbonyl (C=O) groups is 2. The van der Waals surface area contributed by atoms with Crippen molar-refractivity contribution < 1.29 is 47.2 Å². The summed E-state index contributed by atoms with van der Waals surface area (Å²) in [7, 11) is 0. The van der Waals surface area contributed by atoms with Gasteiger partial charge in [-0.15, -0.1) is 0 Å². The minimum atomic E-state index is -2.95. The molecule has 0 saturated heterocycles. The van der Waals surface area contributed by atoms with Crippen LogP contribution in [0.3, 0.4) is 0 Å². The zero-order chi connectivity index (χ0) is 31.1. The zero-order valence-electron chi connectivity index (χ0n) is 24.2. The monoisotopic (exact) mass is 601 g/mol. The van der Waals surface area contributed by atoms with E-state index in [1.807, 2.05) is 30.3 Å². The molecule has 1 amide bonds. The van der Waals surface area contributed by atoms with Crippen LogP contribution in [0.4, 0.5) is 13.6 Å². The number of alkyl halides is 2. The molecule has 3 aromatic rings. The lowest BCUT2D eigenvalue weighted by Gasteiger charge is -2.23. The van der Waals surface area contributed by atoms with Crippen LogP contribution >= 0.6 is 0 Å². The zero-order valence-corrected chi connectivity index (χ0v) is 24.2. The number of carboxylic acid groups (broad SMARTS) is 1. The number of carbonyl (C=O) groups excluding carboxylic acids is 1. The molecule has 3 aromatic carbocycles. The van der Waals surface area contributed by atoms with Crippen LogP contribution in [0.15, 0.2) is 78.9 Å². The van der Waals surface area contributed by atoms with Gasteiger partial charge in [-0.2, -0.15) is 0 Å². The SMILES string of the molecule is CCOC(Cc1ccc(OCCN(CCOCC(F)(F)CC)C(=O)Oc2ccc(Oc3ccccc3)cc2)cc1)C(=O)O. The van der Waals surface area contributed by atoms with E-state index in [4.69, 9.17) is 23.7 Å². The summed E-state index contributed by atoms with van der Waals surface area (Å²) in [6.45, 7) is 2.71. The van der Waals surface area contributed by atoms with Crippen molar-refractivity contribution in [1.29, 1.82) is 0 Å². The Morgan fingerprint density at radius 3 is 2.07 bits per heavy atom. The molecule has 0 radical (unpaired) electrons. The minimum Gasteiger partial charge on any atom is -0.492 e. The molecular formula is C32H37F2NO8. The molecule has 3 rings (SSSR count). The van der Waals surface area contributed by atoms with E-state index in [-0.39, 0.29) is 51.5 Å². The predicted molar refractivity (Wildman–Crippen MR) is 155 cm³/mol. The number of para-hydroxylation sites is 1. The molecule has 11 heteroatoms. The number of hydrogen-bond acceptors (Lipinski definition) is 7. The Balaban J connectivity index is 1.56. The molecule has 0 fully saturated rings. The second-order valence-electron chi connectivity index (χ2n) is 9.48. The summed E-state index contributed by atoms with van der Waals surface area (Å²) >= 11 is 0. The first-order chi connectivity index (χ1) is 20.7. The summed E-state index contributed by atoms with van der Waals surface area (Å²) in [4.78, 5) is 25.6. The van der Waals surface area contributed by atoms with E-state index in [2.05, 4.69) is 0 Å². The number of halogens is 2. The van der Waals surface area contributed by atoms with Gasteiger partial charge in [-0.3, -0.25) is 0 Å². The Bertz CT molecular complexity index is 1260. The van der Waals surface area contributed by atoms with Crippen LogP contribution in [0.25, 0.3) is 0 Å². The van der Waals surface area contributed by atoms with E-state index in [1.54, 1.807) is 55.5 Å². The number of carboxylic acids is 1. The predicted octanol–water partition coefficient (Wildman–Crippen LogP) is 6.45. The molecule has 1 atom stereocenters. The van der Waals surface area contributed by atoms with Crippen molar-refractivity contribution in [3.05, 3.63) is 84.4 Å². The van der Waals surface area contributed by atoms with Crippen molar-refractivity contribution in [2.45, 2.75) is 38.7 Å². The molecule has 1 unspecified atom stereocenters. The maximum atomic E-state index is 13.6. The fraction of sp³-hybridized carbons (Fsp3) is 0.375. The minimum absolute atomic E-state index is 0.00410. The lowest BCUT2D eigenvalue weighted by atomic mass is 10.1. The number of hydrogen-bond donors (Lipinski definition) is 1. The highest BCUT2D eigenvalue weighted by Crippen LogP contribution is 2.24. The van der Waals surface area contributed by atoms with Gasteiger partial charge in [-0.1, -0.05) is 37.3 Å². The lowest BCUT2D eigenvalue weighted by Crippen LogP contribution is -2.39. The molecule has 0 bridgehead atoms. The molecule has 9 nitrogen and oxygen atoms in total. The molecule has 1 N–H and O–H groups in total. The molecule has 0 spiro atoms. The Hall–Kier alpha value is -4.22. The standard InChI is InChI=1S/C32H37F2NO8/c1-3-32(33,34)23-39-20-18-35(19-21-41-25-12-10-24(11-13-25)22-29(30(36)37)40-4-2)31(38)43-28-16-14-27(15-17-28)42-26-8-6-5-7-9-26/h5-17,29H,3-4,18-23H2,1-2H3,(H,36,37). The summed E-state index contributed by atoms with van der Waals surface area (Å²) < 4.78 is 54.5. The summed E-state index contributed by atoms with van der Waals surface area (Å²) in [5.74, 6) is -1.98. The fourth-order valence-electron chi connectivity index (χ4n) is 3.79.